The summed E-state index contributed by atoms with van der Waals surface area (Å²) >= 11 is 0. The van der Waals surface area contributed by atoms with Crippen LogP contribution in [0.1, 0.15) is 37.9 Å². The van der Waals surface area contributed by atoms with Gasteiger partial charge in [-0.05, 0) is 50.6 Å². The lowest BCUT2D eigenvalue weighted by molar-refractivity contribution is 0.318. The molecule has 3 nitrogen and oxygen atoms in total. The third-order valence-corrected chi connectivity index (χ3v) is 3.70. The lowest BCUT2D eigenvalue weighted by Crippen LogP contribution is -2.07. The molecule has 1 aromatic carbocycles. The van der Waals surface area contributed by atoms with Crippen molar-refractivity contribution in [1.82, 2.24) is 9.88 Å². The number of hydrogen-bond donors (Lipinski definition) is 1. The molecule has 0 amide bonds. The van der Waals surface area contributed by atoms with E-state index in [9.17, 15) is 0 Å². The van der Waals surface area contributed by atoms with Crippen molar-refractivity contribution < 1.29 is 4.74 Å². The summed E-state index contributed by atoms with van der Waals surface area (Å²) in [7, 11) is 2.00. The molecule has 1 N–H and O–H groups in total. The zero-order valence-electron chi connectivity index (χ0n) is 13.1. The normalized spacial score (nSPS) is 11.2. The van der Waals surface area contributed by atoms with E-state index in [-0.39, 0.29) is 0 Å². The molecule has 0 bridgehead atoms. The predicted molar refractivity (Wildman–Crippen MR) is 85.5 cm³/mol. The summed E-state index contributed by atoms with van der Waals surface area (Å²) < 4.78 is 8.20. The Kier molecular flexibility index (Phi) is 5.07. The van der Waals surface area contributed by atoms with Crippen LogP contribution in [0, 0.1) is 6.92 Å². The highest BCUT2D eigenvalue weighted by Gasteiger charge is 2.13. The molecular weight excluding hydrogens is 248 g/mol. The van der Waals surface area contributed by atoms with Crippen molar-refractivity contribution in [2.24, 2.45) is 0 Å². The van der Waals surface area contributed by atoms with E-state index >= 15 is 0 Å². The summed E-state index contributed by atoms with van der Waals surface area (Å²) in [5, 5.41) is 4.60. The Morgan fingerprint density at radius 1 is 1.20 bits per heavy atom. The average Bonchev–Trinajstić information content (AvgIpc) is 2.71. The van der Waals surface area contributed by atoms with Gasteiger partial charge in [0.05, 0.1) is 6.61 Å². The van der Waals surface area contributed by atoms with E-state index in [0.717, 1.165) is 38.3 Å². The topological polar surface area (TPSA) is 26.2 Å². The first-order chi connectivity index (χ1) is 9.72. The molecule has 2 aromatic rings. The van der Waals surface area contributed by atoms with Crippen LogP contribution in [0.15, 0.2) is 18.2 Å². The number of ether oxygens (including phenoxy) is 1. The van der Waals surface area contributed by atoms with Crippen LogP contribution in [-0.4, -0.2) is 18.2 Å². The molecule has 0 saturated heterocycles. The van der Waals surface area contributed by atoms with Crippen molar-refractivity contribution in [3.05, 3.63) is 29.5 Å². The van der Waals surface area contributed by atoms with Gasteiger partial charge in [-0.15, -0.1) is 0 Å². The smallest absolute Gasteiger partial charge is 0.120 e. The first-order valence-corrected chi connectivity index (χ1v) is 7.62. The fourth-order valence-electron chi connectivity index (χ4n) is 2.75. The molecular formula is C17H26N2O. The lowest BCUT2D eigenvalue weighted by atomic mass is 10.1. The Morgan fingerprint density at radius 2 is 2.00 bits per heavy atom. The van der Waals surface area contributed by atoms with Gasteiger partial charge in [-0.3, -0.25) is 0 Å². The molecule has 0 radical (unpaired) electrons. The van der Waals surface area contributed by atoms with Gasteiger partial charge < -0.3 is 14.6 Å². The third-order valence-electron chi connectivity index (χ3n) is 3.70. The fourth-order valence-corrected chi connectivity index (χ4v) is 2.75. The molecule has 2 rings (SSSR count). The van der Waals surface area contributed by atoms with Gasteiger partial charge >= 0.3 is 0 Å². The molecule has 1 heterocycles. The monoisotopic (exact) mass is 274 g/mol. The van der Waals surface area contributed by atoms with E-state index < -0.39 is 0 Å². The summed E-state index contributed by atoms with van der Waals surface area (Å²) in [6, 6.07) is 6.48. The molecule has 110 valence electrons. The number of aryl methyl sites for hydroxylation is 1. The Labute approximate surface area is 121 Å². The van der Waals surface area contributed by atoms with Crippen LogP contribution >= 0.6 is 0 Å². The van der Waals surface area contributed by atoms with Gasteiger partial charge in [-0.25, -0.2) is 0 Å². The van der Waals surface area contributed by atoms with Gasteiger partial charge in [0.2, 0.25) is 0 Å². The van der Waals surface area contributed by atoms with Crippen LogP contribution in [0.4, 0.5) is 0 Å². The summed E-state index contributed by atoms with van der Waals surface area (Å²) in [5.74, 6) is 0.977. The van der Waals surface area contributed by atoms with Gasteiger partial charge in [0.25, 0.3) is 0 Å². The largest absolute Gasteiger partial charge is 0.494 e. The van der Waals surface area contributed by atoms with E-state index in [4.69, 9.17) is 4.74 Å². The molecule has 0 aliphatic carbocycles. The standard InChI is InChI=1S/C17H26N2O/c1-5-9-19-13(3)16(12-18-4)15-11-14(20-10-6-2)7-8-17(15)19/h7-8,11,18H,5-6,9-10,12H2,1-4H3. The molecule has 0 aliphatic rings. The Bertz CT molecular complexity index is 572. The predicted octanol–water partition coefficient (Wildman–Crippen LogP) is 3.87. The molecule has 0 aliphatic heterocycles. The van der Waals surface area contributed by atoms with Crippen molar-refractivity contribution in [2.45, 2.75) is 46.7 Å². The van der Waals surface area contributed by atoms with Crippen LogP contribution in [0.2, 0.25) is 0 Å². The summed E-state index contributed by atoms with van der Waals surface area (Å²) in [6.45, 7) is 9.32. The van der Waals surface area contributed by atoms with Crippen LogP contribution in [0.25, 0.3) is 10.9 Å². The summed E-state index contributed by atoms with van der Waals surface area (Å²) in [5.41, 5.74) is 4.07. The molecule has 3 heteroatoms. The number of hydrogen-bond acceptors (Lipinski definition) is 2. The van der Waals surface area contributed by atoms with E-state index in [2.05, 4.69) is 48.9 Å². The Morgan fingerprint density at radius 3 is 2.65 bits per heavy atom. The van der Waals surface area contributed by atoms with Crippen molar-refractivity contribution in [3.8, 4) is 5.75 Å². The maximum atomic E-state index is 5.78. The average molecular weight is 274 g/mol. The van der Waals surface area contributed by atoms with E-state index in [1.165, 1.54) is 22.2 Å². The molecule has 0 spiro atoms. The zero-order chi connectivity index (χ0) is 14.5. The van der Waals surface area contributed by atoms with Gasteiger partial charge in [0.15, 0.2) is 0 Å². The zero-order valence-corrected chi connectivity index (χ0v) is 13.1. The minimum atomic E-state index is 0.779. The third kappa shape index (κ3) is 2.83. The van der Waals surface area contributed by atoms with Crippen LogP contribution in [-0.2, 0) is 13.1 Å². The molecule has 1 aromatic heterocycles. The van der Waals surface area contributed by atoms with E-state index in [0.29, 0.717) is 0 Å². The molecule has 0 saturated carbocycles. The maximum absolute atomic E-state index is 5.78. The Balaban J connectivity index is 2.51. The number of fused-ring (bicyclic) bond motifs is 1. The van der Waals surface area contributed by atoms with Crippen molar-refractivity contribution >= 4 is 10.9 Å². The quantitative estimate of drug-likeness (QED) is 0.829. The number of nitrogens with zero attached hydrogens (tertiary/aromatic N) is 1. The summed E-state index contributed by atoms with van der Waals surface area (Å²) in [6.07, 6.45) is 2.19. The van der Waals surface area contributed by atoms with Crippen molar-refractivity contribution in [3.63, 3.8) is 0 Å². The van der Waals surface area contributed by atoms with Gasteiger partial charge in [0.1, 0.15) is 5.75 Å². The van der Waals surface area contributed by atoms with Crippen LogP contribution < -0.4 is 10.1 Å². The number of nitrogens with one attached hydrogen (secondary N) is 1. The maximum Gasteiger partial charge on any atom is 0.120 e. The first kappa shape index (κ1) is 14.9. The van der Waals surface area contributed by atoms with Crippen molar-refractivity contribution in [1.29, 1.82) is 0 Å². The highest BCUT2D eigenvalue weighted by atomic mass is 16.5. The second-order valence-corrected chi connectivity index (χ2v) is 5.27. The van der Waals surface area contributed by atoms with Gasteiger partial charge in [-0.1, -0.05) is 13.8 Å². The van der Waals surface area contributed by atoms with Crippen LogP contribution in [0.5, 0.6) is 5.75 Å². The molecule has 0 fully saturated rings. The van der Waals surface area contributed by atoms with Gasteiger partial charge in [-0.2, -0.15) is 0 Å². The molecule has 20 heavy (non-hydrogen) atoms. The number of rotatable bonds is 7. The number of aromatic nitrogens is 1. The van der Waals surface area contributed by atoms with E-state index in [1.54, 1.807) is 0 Å². The lowest BCUT2D eigenvalue weighted by Gasteiger charge is -2.07. The second-order valence-electron chi connectivity index (χ2n) is 5.27. The minimum Gasteiger partial charge on any atom is -0.494 e. The minimum absolute atomic E-state index is 0.779. The SMILES string of the molecule is CCCOc1ccc2c(c1)c(CNC)c(C)n2CCC. The van der Waals surface area contributed by atoms with E-state index in [1.807, 2.05) is 7.05 Å². The summed E-state index contributed by atoms with van der Waals surface area (Å²) in [4.78, 5) is 0. The molecule has 0 unspecified atom stereocenters. The number of benzene rings is 1. The van der Waals surface area contributed by atoms with Crippen molar-refractivity contribution in [2.75, 3.05) is 13.7 Å². The molecule has 0 atom stereocenters. The first-order valence-electron chi connectivity index (χ1n) is 7.62. The van der Waals surface area contributed by atoms with Crippen LogP contribution in [0.3, 0.4) is 0 Å². The second kappa shape index (κ2) is 6.80. The highest BCUT2D eigenvalue weighted by Crippen LogP contribution is 2.29. The fraction of sp³-hybridized carbons (Fsp3) is 0.529. The highest BCUT2D eigenvalue weighted by molar-refractivity contribution is 5.87. The Hall–Kier alpha value is -1.48. The van der Waals surface area contributed by atoms with Gasteiger partial charge in [0, 0.05) is 29.7 Å².